The molecule has 3 nitrogen and oxygen atoms in total. The molecule has 0 amide bonds. The topological polar surface area (TPSA) is 42.4 Å². The van der Waals surface area contributed by atoms with Crippen molar-refractivity contribution in [2.24, 2.45) is 0 Å². The number of aliphatic hydroxyl groups excluding tert-OH is 1. The van der Waals surface area contributed by atoms with E-state index in [0.717, 1.165) is 12.0 Å². The zero-order chi connectivity index (χ0) is 9.68. The molecule has 0 aliphatic heterocycles. The maximum Gasteiger partial charge on any atom is 0.213 e. The van der Waals surface area contributed by atoms with Crippen molar-refractivity contribution in [1.29, 1.82) is 0 Å². The number of aliphatic hydroxyl groups is 1. The predicted octanol–water partition coefficient (Wildman–Crippen LogP) is 1.40. The average Bonchev–Trinajstić information content (AvgIpc) is 2.18. The van der Waals surface area contributed by atoms with Crippen LogP contribution in [0.3, 0.4) is 0 Å². The molecule has 3 heteroatoms. The molecule has 1 N–H and O–H groups in total. The van der Waals surface area contributed by atoms with Crippen LogP contribution in [0.1, 0.15) is 18.9 Å². The molecule has 1 unspecified atom stereocenters. The van der Waals surface area contributed by atoms with Gasteiger partial charge in [-0.25, -0.2) is 4.98 Å². The number of ether oxygens (including phenoxy) is 1. The number of hydrogen-bond donors (Lipinski definition) is 1. The summed E-state index contributed by atoms with van der Waals surface area (Å²) in [5.41, 5.74) is 1.06. The van der Waals surface area contributed by atoms with Crippen molar-refractivity contribution >= 4 is 0 Å². The summed E-state index contributed by atoms with van der Waals surface area (Å²) in [5.74, 6) is 0.598. The fraction of sp³-hybridized carbons (Fsp3) is 0.500. The van der Waals surface area contributed by atoms with Crippen molar-refractivity contribution in [1.82, 2.24) is 4.98 Å². The minimum Gasteiger partial charge on any atom is -0.481 e. The van der Waals surface area contributed by atoms with Gasteiger partial charge in [0, 0.05) is 12.3 Å². The van der Waals surface area contributed by atoms with Crippen LogP contribution in [0, 0.1) is 0 Å². The van der Waals surface area contributed by atoms with E-state index in [4.69, 9.17) is 4.74 Å². The van der Waals surface area contributed by atoms with Gasteiger partial charge in [0.1, 0.15) is 0 Å². The van der Waals surface area contributed by atoms with Crippen LogP contribution in [0.15, 0.2) is 18.3 Å². The molecule has 0 aliphatic rings. The molecule has 0 saturated carbocycles. The van der Waals surface area contributed by atoms with Crippen LogP contribution < -0.4 is 4.74 Å². The smallest absolute Gasteiger partial charge is 0.213 e. The first-order chi connectivity index (χ1) is 6.26. The van der Waals surface area contributed by atoms with Crippen LogP contribution in [-0.4, -0.2) is 23.3 Å². The molecule has 0 aromatic carbocycles. The van der Waals surface area contributed by atoms with Crippen LogP contribution >= 0.6 is 0 Å². The van der Waals surface area contributed by atoms with Crippen molar-refractivity contribution in [3.05, 3.63) is 23.9 Å². The number of pyridine rings is 1. The van der Waals surface area contributed by atoms with Gasteiger partial charge in [0.2, 0.25) is 5.88 Å². The molecule has 0 aliphatic carbocycles. The number of rotatable bonds is 4. The first-order valence-corrected chi connectivity index (χ1v) is 4.43. The van der Waals surface area contributed by atoms with E-state index in [9.17, 15) is 5.11 Å². The molecule has 13 heavy (non-hydrogen) atoms. The lowest BCUT2D eigenvalue weighted by Crippen LogP contribution is -2.08. The summed E-state index contributed by atoms with van der Waals surface area (Å²) >= 11 is 0. The Bertz CT molecular complexity index is 263. The summed E-state index contributed by atoms with van der Waals surface area (Å²) in [5, 5.41) is 9.41. The molecule has 0 radical (unpaired) electrons. The van der Waals surface area contributed by atoms with Crippen LogP contribution in [-0.2, 0) is 6.42 Å². The van der Waals surface area contributed by atoms with Gasteiger partial charge in [0.25, 0.3) is 0 Å². The van der Waals surface area contributed by atoms with Gasteiger partial charge in [-0.3, -0.25) is 0 Å². The van der Waals surface area contributed by atoms with Crippen molar-refractivity contribution in [3.8, 4) is 5.88 Å². The lowest BCUT2D eigenvalue weighted by molar-refractivity contribution is 0.170. The Morgan fingerprint density at radius 1 is 1.62 bits per heavy atom. The molecular formula is C10H15NO2. The van der Waals surface area contributed by atoms with Crippen LogP contribution in [0.5, 0.6) is 5.88 Å². The molecular weight excluding hydrogens is 166 g/mol. The van der Waals surface area contributed by atoms with E-state index in [-0.39, 0.29) is 6.10 Å². The Kier molecular flexibility index (Phi) is 3.71. The number of aromatic nitrogens is 1. The first-order valence-electron chi connectivity index (χ1n) is 4.43. The zero-order valence-corrected chi connectivity index (χ0v) is 8.03. The van der Waals surface area contributed by atoms with Crippen LogP contribution in [0.2, 0.25) is 0 Å². The van der Waals surface area contributed by atoms with Gasteiger partial charge in [-0.1, -0.05) is 6.92 Å². The number of hydrogen-bond acceptors (Lipinski definition) is 3. The Labute approximate surface area is 78.4 Å². The summed E-state index contributed by atoms with van der Waals surface area (Å²) in [6.45, 7) is 1.96. The van der Waals surface area contributed by atoms with Crippen LogP contribution in [0.4, 0.5) is 0 Å². The van der Waals surface area contributed by atoms with E-state index in [2.05, 4.69) is 4.98 Å². The second-order valence-electron chi connectivity index (χ2n) is 2.97. The highest BCUT2D eigenvalue weighted by Gasteiger charge is 2.03. The Hall–Kier alpha value is -1.09. The standard InChI is InChI=1S/C10H15NO2/c1-3-9(12)6-8-4-5-11-10(7-8)13-2/h4-5,7,9,12H,3,6H2,1-2H3. The maximum absolute atomic E-state index is 9.41. The van der Waals surface area contributed by atoms with E-state index < -0.39 is 0 Å². The number of nitrogens with zero attached hydrogens (tertiary/aromatic N) is 1. The van der Waals surface area contributed by atoms with Gasteiger partial charge in [-0.15, -0.1) is 0 Å². The van der Waals surface area contributed by atoms with Gasteiger partial charge in [0.15, 0.2) is 0 Å². The fourth-order valence-electron chi connectivity index (χ4n) is 1.11. The Balaban J connectivity index is 2.66. The minimum atomic E-state index is -0.271. The molecule has 1 aromatic rings. The maximum atomic E-state index is 9.41. The number of methoxy groups -OCH3 is 1. The van der Waals surface area contributed by atoms with Crippen molar-refractivity contribution in [3.63, 3.8) is 0 Å². The molecule has 1 rings (SSSR count). The second-order valence-corrected chi connectivity index (χ2v) is 2.97. The highest BCUT2D eigenvalue weighted by Crippen LogP contribution is 2.11. The van der Waals surface area contributed by atoms with E-state index in [0.29, 0.717) is 12.3 Å². The van der Waals surface area contributed by atoms with Gasteiger partial charge in [-0.2, -0.15) is 0 Å². The first kappa shape index (κ1) is 9.99. The third kappa shape index (κ3) is 3.03. The molecule has 0 spiro atoms. The van der Waals surface area contributed by atoms with E-state index in [1.807, 2.05) is 19.1 Å². The van der Waals surface area contributed by atoms with Crippen molar-refractivity contribution < 1.29 is 9.84 Å². The third-order valence-electron chi connectivity index (χ3n) is 1.95. The lowest BCUT2D eigenvalue weighted by Gasteiger charge is -2.07. The highest BCUT2D eigenvalue weighted by molar-refractivity contribution is 5.20. The van der Waals surface area contributed by atoms with Gasteiger partial charge >= 0.3 is 0 Å². The molecule has 1 atom stereocenters. The lowest BCUT2D eigenvalue weighted by atomic mass is 10.1. The normalized spacial score (nSPS) is 12.5. The molecule has 0 saturated heterocycles. The van der Waals surface area contributed by atoms with Gasteiger partial charge < -0.3 is 9.84 Å². The fourth-order valence-corrected chi connectivity index (χ4v) is 1.11. The summed E-state index contributed by atoms with van der Waals surface area (Å²) in [6.07, 6.45) is 2.85. The third-order valence-corrected chi connectivity index (χ3v) is 1.95. The highest BCUT2D eigenvalue weighted by atomic mass is 16.5. The van der Waals surface area contributed by atoms with Gasteiger partial charge in [0.05, 0.1) is 13.2 Å². The summed E-state index contributed by atoms with van der Waals surface area (Å²) < 4.78 is 4.98. The summed E-state index contributed by atoms with van der Waals surface area (Å²) in [4.78, 5) is 3.99. The summed E-state index contributed by atoms with van der Waals surface area (Å²) in [6, 6.07) is 3.74. The predicted molar refractivity (Wildman–Crippen MR) is 50.8 cm³/mol. The SMILES string of the molecule is CCC(O)Cc1ccnc(OC)c1. The summed E-state index contributed by atoms with van der Waals surface area (Å²) in [7, 11) is 1.59. The quantitative estimate of drug-likeness (QED) is 0.763. The van der Waals surface area contributed by atoms with Crippen molar-refractivity contribution in [2.45, 2.75) is 25.9 Å². The second kappa shape index (κ2) is 4.82. The largest absolute Gasteiger partial charge is 0.481 e. The zero-order valence-electron chi connectivity index (χ0n) is 8.03. The average molecular weight is 181 g/mol. The molecule has 0 fully saturated rings. The molecule has 1 heterocycles. The van der Waals surface area contributed by atoms with Crippen molar-refractivity contribution in [2.75, 3.05) is 7.11 Å². The van der Waals surface area contributed by atoms with E-state index >= 15 is 0 Å². The van der Waals surface area contributed by atoms with E-state index in [1.54, 1.807) is 13.3 Å². The molecule has 0 bridgehead atoms. The monoisotopic (exact) mass is 181 g/mol. The van der Waals surface area contributed by atoms with Crippen LogP contribution in [0.25, 0.3) is 0 Å². The van der Waals surface area contributed by atoms with Gasteiger partial charge in [-0.05, 0) is 24.5 Å². The molecule has 1 aromatic heterocycles. The Morgan fingerprint density at radius 3 is 3.00 bits per heavy atom. The van der Waals surface area contributed by atoms with E-state index in [1.165, 1.54) is 0 Å². The molecule has 72 valence electrons. The minimum absolute atomic E-state index is 0.271. The Morgan fingerprint density at radius 2 is 2.38 bits per heavy atom.